The van der Waals surface area contributed by atoms with Gasteiger partial charge in [-0.2, -0.15) is 5.26 Å². The molecule has 1 amide bonds. The molecule has 1 aliphatic rings. The van der Waals surface area contributed by atoms with Gasteiger partial charge in [-0.25, -0.2) is 4.98 Å². The summed E-state index contributed by atoms with van der Waals surface area (Å²) in [6.45, 7) is 1.15. The Labute approximate surface area is 135 Å². The minimum atomic E-state index is -0.137. The molecule has 2 aromatic rings. The lowest BCUT2D eigenvalue weighted by molar-refractivity contribution is -0.121. The number of nitriles is 1. The number of amides is 1. The molecule has 23 heavy (non-hydrogen) atoms. The van der Waals surface area contributed by atoms with E-state index in [4.69, 9.17) is 5.26 Å². The summed E-state index contributed by atoms with van der Waals surface area (Å²) in [4.78, 5) is 20.4. The van der Waals surface area contributed by atoms with Crippen molar-refractivity contribution in [2.45, 2.75) is 6.42 Å². The molecule has 0 aliphatic carbocycles. The highest BCUT2D eigenvalue weighted by atomic mass is 16.2. The smallest absolute Gasteiger partial charge is 0.232 e. The van der Waals surface area contributed by atoms with Crippen LogP contribution in [-0.2, 0) is 4.79 Å². The lowest BCUT2D eigenvalue weighted by Crippen LogP contribution is -2.34. The topological polar surface area (TPSA) is 60.2 Å². The van der Waals surface area contributed by atoms with Crippen LogP contribution in [-0.4, -0.2) is 35.9 Å². The van der Waals surface area contributed by atoms with E-state index in [-0.39, 0.29) is 11.8 Å². The number of nitrogens with zero attached hydrogens (tertiary/aromatic N) is 4. The van der Waals surface area contributed by atoms with Crippen molar-refractivity contribution in [1.29, 1.82) is 5.26 Å². The van der Waals surface area contributed by atoms with Gasteiger partial charge >= 0.3 is 0 Å². The summed E-state index contributed by atoms with van der Waals surface area (Å²) in [7, 11) is 1.74. The molecule has 1 fully saturated rings. The van der Waals surface area contributed by atoms with Gasteiger partial charge in [0.05, 0.1) is 11.6 Å². The minimum Gasteiger partial charge on any atom is -0.310 e. The van der Waals surface area contributed by atoms with Crippen molar-refractivity contribution in [1.82, 2.24) is 9.88 Å². The van der Waals surface area contributed by atoms with Crippen molar-refractivity contribution in [3.63, 3.8) is 0 Å². The van der Waals surface area contributed by atoms with Crippen LogP contribution in [0.1, 0.15) is 6.42 Å². The number of likely N-dealkylation sites (tertiary alicyclic amines) is 1. The summed E-state index contributed by atoms with van der Waals surface area (Å²) in [5.74, 6) is 0.508. The summed E-state index contributed by atoms with van der Waals surface area (Å²) in [5.41, 5.74) is 1.86. The van der Waals surface area contributed by atoms with Crippen LogP contribution in [0.3, 0.4) is 0 Å². The summed E-state index contributed by atoms with van der Waals surface area (Å²) in [5, 5.41) is 8.92. The molecule has 1 unspecified atom stereocenters. The molecule has 116 valence electrons. The lowest BCUT2D eigenvalue weighted by atomic mass is 10.1. The maximum Gasteiger partial charge on any atom is 0.232 e. The van der Waals surface area contributed by atoms with E-state index in [1.54, 1.807) is 16.8 Å². The zero-order valence-electron chi connectivity index (χ0n) is 13.0. The van der Waals surface area contributed by atoms with Gasteiger partial charge in [-0.15, -0.1) is 0 Å². The molecular weight excluding hydrogens is 288 g/mol. The van der Waals surface area contributed by atoms with E-state index in [1.807, 2.05) is 48.5 Å². The van der Waals surface area contributed by atoms with Gasteiger partial charge in [0.15, 0.2) is 6.19 Å². The van der Waals surface area contributed by atoms with Gasteiger partial charge in [-0.05, 0) is 18.6 Å². The highest BCUT2D eigenvalue weighted by Gasteiger charge is 2.30. The van der Waals surface area contributed by atoms with E-state index in [0.29, 0.717) is 18.9 Å². The van der Waals surface area contributed by atoms with E-state index in [0.717, 1.165) is 17.7 Å². The van der Waals surface area contributed by atoms with Crippen molar-refractivity contribution in [2.75, 3.05) is 25.0 Å². The second kappa shape index (κ2) is 6.49. The Balaban J connectivity index is 1.79. The van der Waals surface area contributed by atoms with Crippen molar-refractivity contribution in [3.8, 4) is 17.5 Å². The fraction of sp³-hybridized carbons (Fsp3) is 0.278. The molecule has 0 spiro atoms. The Morgan fingerprint density at radius 3 is 2.74 bits per heavy atom. The van der Waals surface area contributed by atoms with E-state index in [2.05, 4.69) is 11.2 Å². The molecule has 1 atom stereocenters. The van der Waals surface area contributed by atoms with Gasteiger partial charge in [0.2, 0.25) is 5.91 Å². The predicted octanol–water partition coefficient (Wildman–Crippen LogP) is 2.51. The third-order valence-electron chi connectivity index (χ3n) is 4.16. The number of benzene rings is 1. The van der Waals surface area contributed by atoms with Crippen molar-refractivity contribution in [3.05, 3.63) is 48.5 Å². The van der Waals surface area contributed by atoms with Crippen LogP contribution in [0.15, 0.2) is 48.5 Å². The van der Waals surface area contributed by atoms with Gasteiger partial charge < -0.3 is 4.90 Å². The second-order valence-corrected chi connectivity index (χ2v) is 5.68. The molecule has 1 aromatic heterocycles. The molecule has 0 radical (unpaired) electrons. The number of hydrogen-bond acceptors (Lipinski definition) is 4. The van der Waals surface area contributed by atoms with Crippen LogP contribution in [0.25, 0.3) is 11.3 Å². The van der Waals surface area contributed by atoms with Gasteiger partial charge in [0.1, 0.15) is 5.82 Å². The first kappa shape index (κ1) is 15.0. The molecule has 0 bridgehead atoms. The number of rotatable bonds is 3. The fourth-order valence-electron chi connectivity index (χ4n) is 2.82. The number of aromatic nitrogens is 1. The Morgan fingerprint density at radius 2 is 2.04 bits per heavy atom. The number of carbonyl (C=O) groups is 1. The zero-order chi connectivity index (χ0) is 16.2. The van der Waals surface area contributed by atoms with E-state index in [1.165, 1.54) is 0 Å². The number of carbonyl (C=O) groups excluding carboxylic acids is 1. The second-order valence-electron chi connectivity index (χ2n) is 5.68. The van der Waals surface area contributed by atoms with Gasteiger partial charge in [0.25, 0.3) is 0 Å². The van der Waals surface area contributed by atoms with Crippen molar-refractivity contribution < 1.29 is 4.79 Å². The Morgan fingerprint density at radius 1 is 1.26 bits per heavy atom. The van der Waals surface area contributed by atoms with Crippen LogP contribution >= 0.6 is 0 Å². The summed E-state index contributed by atoms with van der Waals surface area (Å²) in [6, 6.07) is 15.6. The standard InChI is InChI=1S/C18H18N4O/c1-21(18(23)15-10-11-22(12-15)13-19)17-9-5-8-16(20-17)14-6-3-2-4-7-14/h2-9,15H,10-12H2,1H3. The van der Waals surface area contributed by atoms with E-state index >= 15 is 0 Å². The number of pyridine rings is 1. The highest BCUT2D eigenvalue weighted by Crippen LogP contribution is 2.23. The van der Waals surface area contributed by atoms with Crippen LogP contribution in [0.4, 0.5) is 5.82 Å². The average Bonchev–Trinajstić information content (AvgIpc) is 3.10. The summed E-state index contributed by atoms with van der Waals surface area (Å²) >= 11 is 0. The molecule has 5 nitrogen and oxygen atoms in total. The SMILES string of the molecule is CN(C(=O)C1CCN(C#N)C1)c1cccc(-c2ccccc2)n1. The predicted molar refractivity (Wildman–Crippen MR) is 88.4 cm³/mol. The highest BCUT2D eigenvalue weighted by molar-refractivity contribution is 5.94. The van der Waals surface area contributed by atoms with Gasteiger partial charge in [-0.3, -0.25) is 9.69 Å². The molecule has 3 rings (SSSR count). The molecule has 1 aromatic carbocycles. The zero-order valence-corrected chi connectivity index (χ0v) is 13.0. The normalized spacial score (nSPS) is 16.9. The molecule has 2 heterocycles. The number of anilines is 1. The maximum atomic E-state index is 12.6. The first-order valence-corrected chi connectivity index (χ1v) is 7.64. The van der Waals surface area contributed by atoms with Crippen LogP contribution in [0, 0.1) is 17.4 Å². The molecular formula is C18H18N4O. The Bertz CT molecular complexity index is 738. The van der Waals surface area contributed by atoms with E-state index in [9.17, 15) is 4.79 Å². The van der Waals surface area contributed by atoms with Crippen molar-refractivity contribution in [2.24, 2.45) is 5.92 Å². The lowest BCUT2D eigenvalue weighted by Gasteiger charge is -2.20. The molecule has 1 aliphatic heterocycles. The molecule has 5 heteroatoms. The first-order valence-electron chi connectivity index (χ1n) is 7.64. The monoisotopic (exact) mass is 306 g/mol. The van der Waals surface area contributed by atoms with Crippen LogP contribution in [0.2, 0.25) is 0 Å². The quantitative estimate of drug-likeness (QED) is 0.818. The van der Waals surface area contributed by atoms with Gasteiger partial charge in [0, 0.05) is 25.7 Å². The summed E-state index contributed by atoms with van der Waals surface area (Å²) < 4.78 is 0. The number of hydrogen-bond donors (Lipinski definition) is 0. The summed E-state index contributed by atoms with van der Waals surface area (Å²) in [6.07, 6.45) is 2.82. The third kappa shape index (κ3) is 3.16. The average molecular weight is 306 g/mol. The third-order valence-corrected chi connectivity index (χ3v) is 4.16. The van der Waals surface area contributed by atoms with Crippen LogP contribution < -0.4 is 4.90 Å². The fourth-order valence-corrected chi connectivity index (χ4v) is 2.82. The molecule has 1 saturated heterocycles. The first-order chi connectivity index (χ1) is 11.2. The van der Waals surface area contributed by atoms with Gasteiger partial charge in [-0.1, -0.05) is 36.4 Å². The minimum absolute atomic E-state index is 0.0143. The molecule has 0 N–H and O–H groups in total. The van der Waals surface area contributed by atoms with E-state index < -0.39 is 0 Å². The molecule has 0 saturated carbocycles. The van der Waals surface area contributed by atoms with Crippen LogP contribution in [0.5, 0.6) is 0 Å². The Kier molecular flexibility index (Phi) is 4.24. The Hall–Kier alpha value is -2.87. The largest absolute Gasteiger partial charge is 0.310 e. The maximum absolute atomic E-state index is 12.6. The van der Waals surface area contributed by atoms with Crippen molar-refractivity contribution >= 4 is 11.7 Å².